The highest BCUT2D eigenvalue weighted by Crippen LogP contribution is 2.28. The molecule has 2 aromatic heterocycles. The van der Waals surface area contributed by atoms with Crippen LogP contribution in [0.3, 0.4) is 0 Å². The van der Waals surface area contributed by atoms with Gasteiger partial charge in [0, 0.05) is 6.20 Å². The van der Waals surface area contributed by atoms with E-state index in [1.807, 2.05) is 0 Å². The Morgan fingerprint density at radius 3 is 2.84 bits per heavy atom. The van der Waals surface area contributed by atoms with Crippen LogP contribution in [0.5, 0.6) is 0 Å². The van der Waals surface area contributed by atoms with E-state index >= 15 is 0 Å². The van der Waals surface area contributed by atoms with E-state index in [1.54, 1.807) is 0 Å². The van der Waals surface area contributed by atoms with Gasteiger partial charge in [-0.1, -0.05) is 23.8 Å². The van der Waals surface area contributed by atoms with Crippen LogP contribution in [0.25, 0.3) is 0 Å². The molecular formula is C19H18ClF3N6O3. The third-order valence-electron chi connectivity index (χ3n) is 4.39. The molecule has 0 bridgehead atoms. The van der Waals surface area contributed by atoms with Crippen LogP contribution in [-0.2, 0) is 17.9 Å². The van der Waals surface area contributed by atoms with Gasteiger partial charge in [-0.25, -0.2) is 9.37 Å². The number of rotatable bonds is 8. The maximum absolute atomic E-state index is 14.4. The first-order chi connectivity index (χ1) is 15.2. The third kappa shape index (κ3) is 5.45. The molecule has 13 heteroatoms. The molecule has 32 heavy (non-hydrogen) atoms. The van der Waals surface area contributed by atoms with Crippen molar-refractivity contribution in [2.45, 2.75) is 19.0 Å². The summed E-state index contributed by atoms with van der Waals surface area (Å²) in [6.45, 7) is -1.93. The molecule has 0 spiro atoms. The van der Waals surface area contributed by atoms with E-state index in [1.165, 1.54) is 30.5 Å². The second-order valence-corrected chi connectivity index (χ2v) is 7.04. The molecule has 0 saturated carbocycles. The minimum Gasteiger partial charge on any atom is -0.359 e. The number of carbonyl (C=O) groups is 1. The van der Waals surface area contributed by atoms with Crippen molar-refractivity contribution in [1.29, 1.82) is 0 Å². The molecule has 3 heterocycles. The van der Waals surface area contributed by atoms with Crippen molar-refractivity contribution in [2.24, 2.45) is 0 Å². The maximum atomic E-state index is 14.4. The third-order valence-corrected chi connectivity index (χ3v) is 4.70. The first kappa shape index (κ1) is 23.3. The average Bonchev–Trinajstić information content (AvgIpc) is 2.75. The largest absolute Gasteiger partial charge is 0.359 e. The summed E-state index contributed by atoms with van der Waals surface area (Å²) in [6.07, 6.45) is 6.29. The quantitative estimate of drug-likeness (QED) is 0.540. The summed E-state index contributed by atoms with van der Waals surface area (Å²) < 4.78 is 43.3. The van der Waals surface area contributed by atoms with Gasteiger partial charge in [-0.3, -0.25) is 29.4 Å². The van der Waals surface area contributed by atoms with Gasteiger partial charge in [-0.15, -0.1) is 0 Å². The van der Waals surface area contributed by atoms with Crippen molar-refractivity contribution in [3.05, 3.63) is 75.5 Å². The number of amides is 1. The van der Waals surface area contributed by atoms with Crippen molar-refractivity contribution in [1.82, 2.24) is 24.9 Å². The standard InChI is InChI=1S/C19H18ClF3N6O3/c20-15-9-26-17(27-11-19(22,23)14-5-1-2-7-29(14)32)18(31)28(15)10-16(30)25-8-13-12(21)4-3-6-24-13/h1-6,9,32H,7-8,10-11H2,(H,25,30)(H,26,27). The molecule has 0 aliphatic carbocycles. The summed E-state index contributed by atoms with van der Waals surface area (Å²) in [4.78, 5) is 32.3. The number of allylic oxidation sites excluding steroid dienone is 2. The number of nitrogens with zero attached hydrogens (tertiary/aromatic N) is 4. The summed E-state index contributed by atoms with van der Waals surface area (Å²) in [5.41, 5.74) is -1.56. The second kappa shape index (κ2) is 9.83. The highest BCUT2D eigenvalue weighted by molar-refractivity contribution is 6.29. The van der Waals surface area contributed by atoms with E-state index in [2.05, 4.69) is 20.6 Å². The fourth-order valence-corrected chi connectivity index (χ4v) is 2.95. The van der Waals surface area contributed by atoms with Gasteiger partial charge in [-0.2, -0.15) is 8.78 Å². The Morgan fingerprint density at radius 1 is 1.34 bits per heavy atom. The molecule has 9 nitrogen and oxygen atoms in total. The minimum absolute atomic E-state index is 0.00315. The van der Waals surface area contributed by atoms with Crippen molar-refractivity contribution >= 4 is 23.3 Å². The van der Waals surface area contributed by atoms with E-state index in [0.29, 0.717) is 5.06 Å². The SMILES string of the molecule is O=C(Cn1c(Cl)cnc(NCC(F)(F)C2=CC=CCN2O)c1=O)NCc1ncccc1F. The predicted octanol–water partition coefficient (Wildman–Crippen LogP) is 1.94. The molecule has 0 atom stereocenters. The number of nitrogens with one attached hydrogen (secondary N) is 2. The molecule has 0 unspecified atom stereocenters. The first-order valence-electron chi connectivity index (χ1n) is 9.26. The zero-order valence-electron chi connectivity index (χ0n) is 16.4. The Morgan fingerprint density at radius 2 is 2.12 bits per heavy atom. The van der Waals surface area contributed by atoms with Gasteiger partial charge in [0.25, 0.3) is 5.56 Å². The molecule has 2 aromatic rings. The lowest BCUT2D eigenvalue weighted by molar-refractivity contribution is -0.121. The summed E-state index contributed by atoms with van der Waals surface area (Å²) in [6, 6.07) is 2.58. The monoisotopic (exact) mass is 470 g/mol. The van der Waals surface area contributed by atoms with Crippen molar-refractivity contribution in [3.8, 4) is 0 Å². The molecule has 0 radical (unpaired) electrons. The predicted molar refractivity (Wildman–Crippen MR) is 109 cm³/mol. The van der Waals surface area contributed by atoms with Gasteiger partial charge < -0.3 is 10.6 Å². The van der Waals surface area contributed by atoms with Gasteiger partial charge in [0.2, 0.25) is 5.91 Å². The highest BCUT2D eigenvalue weighted by Gasteiger charge is 2.38. The van der Waals surface area contributed by atoms with Crippen LogP contribution < -0.4 is 16.2 Å². The van der Waals surface area contributed by atoms with E-state index in [9.17, 15) is 28.0 Å². The topological polar surface area (TPSA) is 112 Å². The number of hydrogen-bond acceptors (Lipinski definition) is 7. The average molecular weight is 471 g/mol. The Kier molecular flexibility index (Phi) is 7.15. The summed E-state index contributed by atoms with van der Waals surface area (Å²) in [5, 5.41) is 14.4. The van der Waals surface area contributed by atoms with Crippen molar-refractivity contribution in [3.63, 3.8) is 0 Å². The number of carbonyl (C=O) groups excluding carboxylic acids is 1. The normalized spacial score (nSPS) is 13.7. The van der Waals surface area contributed by atoms with E-state index in [4.69, 9.17) is 11.6 Å². The van der Waals surface area contributed by atoms with Gasteiger partial charge in [-0.05, 0) is 18.2 Å². The molecule has 0 aromatic carbocycles. The number of halogens is 4. The fourth-order valence-electron chi connectivity index (χ4n) is 2.77. The number of anilines is 1. The fraction of sp³-hybridized carbons (Fsp3) is 0.263. The van der Waals surface area contributed by atoms with Crippen molar-refractivity contribution < 1.29 is 23.2 Å². The minimum atomic E-state index is -3.53. The van der Waals surface area contributed by atoms with Crippen LogP contribution in [0.1, 0.15) is 5.69 Å². The molecular weight excluding hydrogens is 453 g/mol. The van der Waals surface area contributed by atoms with E-state index < -0.39 is 47.8 Å². The number of pyridine rings is 1. The van der Waals surface area contributed by atoms with Crippen LogP contribution in [0.15, 0.2) is 53.2 Å². The zero-order chi connectivity index (χ0) is 23.3. The van der Waals surface area contributed by atoms with Crippen LogP contribution in [-0.4, -0.2) is 49.7 Å². The molecule has 0 fully saturated rings. The van der Waals surface area contributed by atoms with E-state index in [0.717, 1.165) is 16.8 Å². The van der Waals surface area contributed by atoms with Gasteiger partial charge >= 0.3 is 5.92 Å². The molecule has 3 rings (SSSR count). The van der Waals surface area contributed by atoms with Gasteiger partial charge in [0.1, 0.15) is 23.2 Å². The summed E-state index contributed by atoms with van der Waals surface area (Å²) >= 11 is 5.93. The van der Waals surface area contributed by atoms with Crippen LogP contribution in [0.4, 0.5) is 19.0 Å². The number of hydrogen-bond donors (Lipinski definition) is 3. The molecule has 170 valence electrons. The van der Waals surface area contributed by atoms with Crippen LogP contribution >= 0.6 is 11.6 Å². The van der Waals surface area contributed by atoms with Crippen LogP contribution in [0, 0.1) is 5.82 Å². The maximum Gasteiger partial charge on any atom is 0.306 e. The smallest absolute Gasteiger partial charge is 0.306 e. The Balaban J connectivity index is 1.68. The Labute approximate surface area is 184 Å². The lowest BCUT2D eigenvalue weighted by atomic mass is 10.1. The van der Waals surface area contributed by atoms with Crippen LogP contribution in [0.2, 0.25) is 5.15 Å². The highest BCUT2D eigenvalue weighted by atomic mass is 35.5. The Bertz CT molecular complexity index is 1120. The molecule has 1 amide bonds. The molecule has 0 saturated heterocycles. The van der Waals surface area contributed by atoms with E-state index in [-0.39, 0.29) is 23.9 Å². The lowest BCUT2D eigenvalue weighted by Gasteiger charge is -2.28. The first-order valence-corrected chi connectivity index (χ1v) is 9.63. The lowest BCUT2D eigenvalue weighted by Crippen LogP contribution is -2.40. The van der Waals surface area contributed by atoms with Crippen molar-refractivity contribution in [2.75, 3.05) is 18.4 Å². The summed E-state index contributed by atoms with van der Waals surface area (Å²) in [5.74, 6) is -5.28. The molecule has 1 aliphatic heterocycles. The zero-order valence-corrected chi connectivity index (χ0v) is 17.2. The molecule has 3 N–H and O–H groups in total. The summed E-state index contributed by atoms with van der Waals surface area (Å²) in [7, 11) is 0. The molecule has 1 aliphatic rings. The van der Waals surface area contributed by atoms with Gasteiger partial charge in [0.15, 0.2) is 5.82 Å². The number of aromatic nitrogens is 3. The number of hydroxylamine groups is 2. The second-order valence-electron chi connectivity index (χ2n) is 6.65. The Hall–Kier alpha value is -3.38. The number of alkyl halides is 2. The van der Waals surface area contributed by atoms with Gasteiger partial charge in [0.05, 0.1) is 31.5 Å².